The molecule has 0 heterocycles. The minimum Gasteiger partial charge on any atom is -0.397 e. The Labute approximate surface area is 77.3 Å². The van der Waals surface area contributed by atoms with E-state index >= 15 is 0 Å². The van der Waals surface area contributed by atoms with E-state index in [0.29, 0.717) is 16.9 Å². The Hall–Kier alpha value is -1.26. The number of anilines is 2. The number of hydrogen-bond acceptors (Lipinski definition) is 4. The van der Waals surface area contributed by atoms with Crippen LogP contribution in [0.2, 0.25) is 0 Å². The Morgan fingerprint density at radius 3 is 2.46 bits per heavy atom. The van der Waals surface area contributed by atoms with Crippen molar-refractivity contribution in [3.05, 3.63) is 23.8 Å². The number of para-hydroxylation sites is 1. The molecule has 2 atom stereocenters. The zero-order valence-electron chi connectivity index (χ0n) is 7.57. The van der Waals surface area contributed by atoms with E-state index in [0.717, 1.165) is 0 Å². The molecule has 13 heavy (non-hydrogen) atoms. The Morgan fingerprint density at radius 2 is 1.92 bits per heavy atom. The maximum atomic E-state index is 9.27. The number of hydrogen-bond donors (Lipinski definition) is 4. The largest absolute Gasteiger partial charge is 0.397 e. The summed E-state index contributed by atoms with van der Waals surface area (Å²) >= 11 is 0. The van der Waals surface area contributed by atoms with Crippen LogP contribution in [0.1, 0.15) is 18.5 Å². The standard InChI is InChI=1S/C9H15N3O/c1-5(13)8(11)6-3-2-4-7(10)9(6)12/h2-5,8,13H,10-12H2,1H3. The van der Waals surface area contributed by atoms with Crippen molar-refractivity contribution in [2.75, 3.05) is 11.5 Å². The number of nitrogen functional groups attached to an aromatic ring is 2. The summed E-state index contributed by atoms with van der Waals surface area (Å²) in [6.07, 6.45) is -0.635. The third-order valence-electron chi connectivity index (χ3n) is 2.05. The van der Waals surface area contributed by atoms with Crippen LogP contribution < -0.4 is 17.2 Å². The molecule has 0 aliphatic rings. The lowest BCUT2D eigenvalue weighted by Crippen LogP contribution is -2.24. The molecule has 1 rings (SSSR count). The first kappa shape index (κ1) is 9.83. The maximum absolute atomic E-state index is 9.27. The van der Waals surface area contributed by atoms with E-state index in [1.807, 2.05) is 0 Å². The molecule has 4 nitrogen and oxygen atoms in total. The molecule has 0 aliphatic heterocycles. The summed E-state index contributed by atoms with van der Waals surface area (Å²) in [5, 5.41) is 9.27. The van der Waals surface area contributed by atoms with Crippen LogP contribution in [-0.2, 0) is 0 Å². The fourth-order valence-electron chi connectivity index (χ4n) is 1.15. The van der Waals surface area contributed by atoms with Crippen molar-refractivity contribution in [2.45, 2.75) is 19.1 Å². The summed E-state index contributed by atoms with van der Waals surface area (Å²) in [6.45, 7) is 1.62. The number of benzene rings is 1. The molecular formula is C9H15N3O. The van der Waals surface area contributed by atoms with E-state index in [-0.39, 0.29) is 0 Å². The van der Waals surface area contributed by atoms with Gasteiger partial charge in [0, 0.05) is 0 Å². The van der Waals surface area contributed by atoms with Crippen molar-refractivity contribution >= 4 is 11.4 Å². The molecule has 1 aromatic rings. The number of nitrogens with two attached hydrogens (primary N) is 3. The predicted molar refractivity (Wildman–Crippen MR) is 53.9 cm³/mol. The van der Waals surface area contributed by atoms with Crippen molar-refractivity contribution in [1.29, 1.82) is 0 Å². The molecule has 0 radical (unpaired) electrons. The highest BCUT2D eigenvalue weighted by Crippen LogP contribution is 2.25. The minimum atomic E-state index is -0.635. The first-order valence-corrected chi connectivity index (χ1v) is 4.11. The fourth-order valence-corrected chi connectivity index (χ4v) is 1.15. The molecule has 0 amide bonds. The van der Waals surface area contributed by atoms with E-state index in [1.165, 1.54) is 0 Å². The first-order valence-electron chi connectivity index (χ1n) is 4.11. The van der Waals surface area contributed by atoms with Gasteiger partial charge in [0.2, 0.25) is 0 Å². The van der Waals surface area contributed by atoms with E-state index < -0.39 is 12.1 Å². The van der Waals surface area contributed by atoms with Gasteiger partial charge in [-0.2, -0.15) is 0 Å². The third kappa shape index (κ3) is 1.91. The number of rotatable bonds is 2. The normalized spacial score (nSPS) is 15.3. The van der Waals surface area contributed by atoms with Crippen LogP contribution in [0, 0.1) is 0 Å². The summed E-state index contributed by atoms with van der Waals surface area (Å²) < 4.78 is 0. The highest BCUT2D eigenvalue weighted by Gasteiger charge is 2.15. The summed E-state index contributed by atoms with van der Waals surface area (Å²) in [5.74, 6) is 0. The van der Waals surface area contributed by atoms with Crippen LogP contribution in [0.25, 0.3) is 0 Å². The van der Waals surface area contributed by atoms with Gasteiger partial charge in [0.1, 0.15) is 0 Å². The zero-order valence-corrected chi connectivity index (χ0v) is 7.57. The first-order chi connectivity index (χ1) is 6.04. The quantitative estimate of drug-likeness (QED) is 0.491. The third-order valence-corrected chi connectivity index (χ3v) is 2.05. The molecule has 0 aliphatic carbocycles. The Morgan fingerprint density at radius 1 is 1.31 bits per heavy atom. The van der Waals surface area contributed by atoms with Crippen LogP contribution in [0.3, 0.4) is 0 Å². The van der Waals surface area contributed by atoms with Crippen molar-refractivity contribution in [3.63, 3.8) is 0 Å². The van der Waals surface area contributed by atoms with Gasteiger partial charge in [-0.15, -0.1) is 0 Å². The average Bonchev–Trinajstić information content (AvgIpc) is 2.08. The lowest BCUT2D eigenvalue weighted by atomic mass is 10.0. The smallest absolute Gasteiger partial charge is 0.0705 e. The molecule has 4 heteroatoms. The second-order valence-electron chi connectivity index (χ2n) is 3.12. The molecule has 0 saturated heterocycles. The van der Waals surface area contributed by atoms with Gasteiger partial charge in [0.05, 0.1) is 23.5 Å². The second kappa shape index (κ2) is 3.64. The topological polar surface area (TPSA) is 98.3 Å². The van der Waals surface area contributed by atoms with E-state index in [1.54, 1.807) is 25.1 Å². The second-order valence-corrected chi connectivity index (χ2v) is 3.12. The maximum Gasteiger partial charge on any atom is 0.0705 e. The van der Waals surface area contributed by atoms with Crippen molar-refractivity contribution < 1.29 is 5.11 Å². The van der Waals surface area contributed by atoms with Gasteiger partial charge in [-0.05, 0) is 18.6 Å². The highest BCUT2D eigenvalue weighted by atomic mass is 16.3. The van der Waals surface area contributed by atoms with Crippen molar-refractivity contribution in [3.8, 4) is 0 Å². The molecule has 0 spiro atoms. The monoisotopic (exact) mass is 181 g/mol. The van der Waals surface area contributed by atoms with Crippen molar-refractivity contribution in [2.24, 2.45) is 5.73 Å². The zero-order chi connectivity index (χ0) is 10.0. The van der Waals surface area contributed by atoms with Gasteiger partial charge < -0.3 is 22.3 Å². The summed E-state index contributed by atoms with van der Waals surface area (Å²) in [6, 6.07) is 4.75. The molecule has 0 bridgehead atoms. The van der Waals surface area contributed by atoms with Gasteiger partial charge in [-0.25, -0.2) is 0 Å². The van der Waals surface area contributed by atoms with Gasteiger partial charge >= 0.3 is 0 Å². The van der Waals surface area contributed by atoms with Crippen LogP contribution in [0.4, 0.5) is 11.4 Å². The van der Waals surface area contributed by atoms with Gasteiger partial charge in [0.25, 0.3) is 0 Å². The molecule has 7 N–H and O–H groups in total. The lowest BCUT2D eigenvalue weighted by Gasteiger charge is -2.17. The summed E-state index contributed by atoms with van der Waals surface area (Å²) in [5.41, 5.74) is 18.7. The highest BCUT2D eigenvalue weighted by molar-refractivity contribution is 5.67. The Bertz CT molecular complexity index is 299. The molecule has 2 unspecified atom stereocenters. The van der Waals surface area contributed by atoms with Gasteiger partial charge in [-0.1, -0.05) is 12.1 Å². The van der Waals surface area contributed by atoms with Crippen LogP contribution in [0.5, 0.6) is 0 Å². The molecule has 1 aromatic carbocycles. The average molecular weight is 181 g/mol. The summed E-state index contributed by atoms with van der Waals surface area (Å²) in [4.78, 5) is 0. The molecule has 0 aromatic heterocycles. The van der Waals surface area contributed by atoms with Crippen LogP contribution in [-0.4, -0.2) is 11.2 Å². The molecular weight excluding hydrogens is 166 g/mol. The molecule has 0 saturated carbocycles. The van der Waals surface area contributed by atoms with Crippen LogP contribution >= 0.6 is 0 Å². The van der Waals surface area contributed by atoms with Gasteiger partial charge in [-0.3, -0.25) is 0 Å². The number of aliphatic hydroxyl groups is 1. The minimum absolute atomic E-state index is 0.455. The Balaban J connectivity index is 3.07. The predicted octanol–water partition coefficient (Wildman–Crippen LogP) is 0.232. The van der Waals surface area contributed by atoms with Crippen LogP contribution in [0.15, 0.2) is 18.2 Å². The van der Waals surface area contributed by atoms with E-state index in [2.05, 4.69) is 0 Å². The molecule has 72 valence electrons. The fraction of sp³-hybridized carbons (Fsp3) is 0.333. The van der Waals surface area contributed by atoms with E-state index in [4.69, 9.17) is 17.2 Å². The van der Waals surface area contributed by atoms with E-state index in [9.17, 15) is 5.11 Å². The summed E-state index contributed by atoms with van der Waals surface area (Å²) in [7, 11) is 0. The van der Waals surface area contributed by atoms with Crippen molar-refractivity contribution in [1.82, 2.24) is 0 Å². The molecule has 0 fully saturated rings. The lowest BCUT2D eigenvalue weighted by molar-refractivity contribution is 0.164. The Kier molecular flexibility index (Phi) is 2.75. The van der Waals surface area contributed by atoms with Gasteiger partial charge in [0.15, 0.2) is 0 Å². The number of aliphatic hydroxyl groups excluding tert-OH is 1. The SMILES string of the molecule is CC(O)C(N)c1cccc(N)c1N.